The van der Waals surface area contributed by atoms with Crippen molar-refractivity contribution in [2.75, 3.05) is 12.4 Å². The molecule has 0 fully saturated rings. The second-order valence-electron chi connectivity index (χ2n) is 7.26. The molecule has 0 spiro atoms. The lowest BCUT2D eigenvalue weighted by Gasteiger charge is -2.16. The summed E-state index contributed by atoms with van der Waals surface area (Å²) in [6.45, 7) is 1.33. The van der Waals surface area contributed by atoms with Crippen LogP contribution in [0.5, 0.6) is 5.75 Å². The van der Waals surface area contributed by atoms with Crippen LogP contribution in [0.1, 0.15) is 15.4 Å². The first-order valence-corrected chi connectivity index (χ1v) is 10.7. The van der Waals surface area contributed by atoms with Gasteiger partial charge in [0.2, 0.25) is 5.95 Å². The third-order valence-electron chi connectivity index (χ3n) is 4.84. The van der Waals surface area contributed by atoms with Crippen LogP contribution >= 0.6 is 11.3 Å². The number of benzene rings is 2. The van der Waals surface area contributed by atoms with Gasteiger partial charge in [-0.25, -0.2) is 32.3 Å². The van der Waals surface area contributed by atoms with Crippen molar-refractivity contribution in [1.29, 1.82) is 0 Å². The molecule has 0 amide bonds. The number of nitrogens with zero attached hydrogens (tertiary/aromatic N) is 4. The summed E-state index contributed by atoms with van der Waals surface area (Å²) in [5.74, 6) is -3.98. The monoisotopic (exact) mass is 489 g/mol. The van der Waals surface area contributed by atoms with Gasteiger partial charge in [-0.3, -0.25) is 4.57 Å². The lowest BCUT2D eigenvalue weighted by Crippen LogP contribution is -2.43. The molecule has 0 aliphatic heterocycles. The second-order valence-corrected chi connectivity index (χ2v) is 8.58. The van der Waals surface area contributed by atoms with Gasteiger partial charge in [-0.2, -0.15) is 4.98 Å². The molecule has 0 saturated carbocycles. The molecule has 2 heterocycles. The molecule has 4 rings (SSSR count). The molecule has 176 valence electrons. The molecule has 12 heteroatoms. The number of hydrogen-bond donors (Lipinski definition) is 1. The van der Waals surface area contributed by atoms with Crippen LogP contribution in [-0.2, 0) is 13.1 Å². The summed E-state index contributed by atoms with van der Waals surface area (Å²) in [4.78, 5) is 35.0. The van der Waals surface area contributed by atoms with Gasteiger partial charge in [0.25, 0.3) is 0 Å². The molecule has 0 aliphatic rings. The minimum absolute atomic E-state index is 0.0339. The Hall–Kier alpha value is -3.93. The molecule has 2 aromatic carbocycles. The van der Waals surface area contributed by atoms with Crippen LogP contribution in [0, 0.1) is 24.4 Å². The summed E-state index contributed by atoms with van der Waals surface area (Å²) in [5.41, 5.74) is -1.17. The highest BCUT2D eigenvalue weighted by atomic mass is 32.1. The number of halogens is 3. The molecule has 4 aromatic rings. The number of ether oxygens (including phenoxy) is 1. The van der Waals surface area contributed by atoms with Crippen LogP contribution in [0.15, 0.2) is 52.2 Å². The Morgan fingerprint density at radius 2 is 1.71 bits per heavy atom. The fraction of sp³-hybridized carbons (Fsp3) is 0.182. The standard InChI is InChI=1S/C22H18F3N5O3S/c1-12-9-26-18(34-12)11-30-21(31)28-20(27-14-3-5-15(33-2)6-4-14)29(22(30)32)10-13-7-16(23)19(25)17(24)8-13/h3-9H,10-11H2,1-2H3,(H,27,28,31). The quantitative estimate of drug-likeness (QED) is 0.400. The van der Waals surface area contributed by atoms with E-state index < -0.39 is 28.8 Å². The maximum absolute atomic E-state index is 13.8. The summed E-state index contributed by atoms with van der Waals surface area (Å²) < 4.78 is 48.0. The third-order valence-corrected chi connectivity index (χ3v) is 5.74. The number of rotatable bonds is 7. The molecule has 8 nitrogen and oxygen atoms in total. The SMILES string of the molecule is COc1ccc(Nc2nc(=O)n(Cc3ncc(C)s3)c(=O)n2Cc2cc(F)c(F)c(F)c2)cc1. The van der Waals surface area contributed by atoms with Crippen LogP contribution < -0.4 is 21.4 Å². The van der Waals surface area contributed by atoms with Gasteiger partial charge in [0.05, 0.1) is 20.2 Å². The molecule has 0 aliphatic carbocycles. The Morgan fingerprint density at radius 1 is 1.03 bits per heavy atom. The maximum Gasteiger partial charge on any atom is 0.355 e. The predicted octanol–water partition coefficient (Wildman–Crippen LogP) is 3.44. The molecule has 1 N–H and O–H groups in total. The number of methoxy groups -OCH3 is 1. The van der Waals surface area contributed by atoms with E-state index in [4.69, 9.17) is 4.74 Å². The molecule has 0 bridgehead atoms. The average Bonchev–Trinajstić information content (AvgIpc) is 3.22. The minimum Gasteiger partial charge on any atom is -0.497 e. The van der Waals surface area contributed by atoms with E-state index in [1.165, 1.54) is 18.4 Å². The zero-order valence-corrected chi connectivity index (χ0v) is 18.8. The van der Waals surface area contributed by atoms with Gasteiger partial charge >= 0.3 is 11.4 Å². The first-order chi connectivity index (χ1) is 16.2. The smallest absolute Gasteiger partial charge is 0.355 e. The lowest BCUT2D eigenvalue weighted by molar-refractivity contribution is 0.415. The summed E-state index contributed by atoms with van der Waals surface area (Å²) >= 11 is 1.31. The van der Waals surface area contributed by atoms with Crippen LogP contribution in [-0.4, -0.2) is 26.2 Å². The molecule has 0 radical (unpaired) electrons. The Kier molecular flexibility index (Phi) is 6.50. The first kappa shape index (κ1) is 23.2. The number of anilines is 2. The van der Waals surface area contributed by atoms with Crippen molar-refractivity contribution >= 4 is 23.0 Å². The van der Waals surface area contributed by atoms with Gasteiger partial charge in [-0.05, 0) is 48.9 Å². The summed E-state index contributed by atoms with van der Waals surface area (Å²) in [6.07, 6.45) is 1.61. The lowest BCUT2D eigenvalue weighted by atomic mass is 10.2. The van der Waals surface area contributed by atoms with Crippen molar-refractivity contribution in [2.24, 2.45) is 0 Å². The topological polar surface area (TPSA) is 91.0 Å². The van der Waals surface area contributed by atoms with Crippen molar-refractivity contribution in [3.8, 4) is 5.75 Å². The fourth-order valence-corrected chi connectivity index (χ4v) is 3.97. The van der Waals surface area contributed by atoms with E-state index in [1.807, 2.05) is 6.92 Å². The molecule has 0 atom stereocenters. The molecule has 34 heavy (non-hydrogen) atoms. The Labute approximate surface area is 194 Å². The summed E-state index contributed by atoms with van der Waals surface area (Å²) in [7, 11) is 1.51. The number of hydrogen-bond acceptors (Lipinski definition) is 7. The van der Waals surface area contributed by atoms with Gasteiger partial charge in [0.15, 0.2) is 17.5 Å². The number of aryl methyl sites for hydroxylation is 1. The molecule has 2 aromatic heterocycles. The van der Waals surface area contributed by atoms with Crippen molar-refractivity contribution in [3.63, 3.8) is 0 Å². The van der Waals surface area contributed by atoms with E-state index in [1.54, 1.807) is 30.5 Å². The van der Waals surface area contributed by atoms with Crippen molar-refractivity contribution in [1.82, 2.24) is 19.1 Å². The summed E-state index contributed by atoms with van der Waals surface area (Å²) in [6, 6.07) is 8.14. The fourth-order valence-electron chi connectivity index (χ4n) is 3.20. The first-order valence-electron chi connectivity index (χ1n) is 9.92. The largest absolute Gasteiger partial charge is 0.497 e. The predicted molar refractivity (Wildman–Crippen MR) is 120 cm³/mol. The Bertz CT molecular complexity index is 1440. The third kappa shape index (κ3) is 4.86. The number of nitrogens with one attached hydrogen (secondary N) is 1. The maximum atomic E-state index is 13.8. The Morgan fingerprint density at radius 3 is 2.29 bits per heavy atom. The number of aromatic nitrogens is 4. The van der Waals surface area contributed by atoms with E-state index in [9.17, 15) is 22.8 Å². The van der Waals surface area contributed by atoms with Gasteiger partial charge in [0, 0.05) is 16.8 Å². The molecular formula is C22H18F3N5O3S. The second kappa shape index (κ2) is 9.51. The van der Waals surface area contributed by atoms with Gasteiger partial charge in [-0.15, -0.1) is 11.3 Å². The molecule has 0 unspecified atom stereocenters. The van der Waals surface area contributed by atoms with E-state index in [-0.39, 0.29) is 24.6 Å². The van der Waals surface area contributed by atoms with Crippen molar-refractivity contribution < 1.29 is 17.9 Å². The highest BCUT2D eigenvalue weighted by molar-refractivity contribution is 7.11. The van der Waals surface area contributed by atoms with Crippen LogP contribution in [0.4, 0.5) is 24.8 Å². The Balaban J connectivity index is 1.80. The molecular weight excluding hydrogens is 471 g/mol. The van der Waals surface area contributed by atoms with Gasteiger partial charge in [0.1, 0.15) is 10.8 Å². The van der Waals surface area contributed by atoms with E-state index >= 15 is 0 Å². The zero-order valence-electron chi connectivity index (χ0n) is 18.0. The van der Waals surface area contributed by atoms with Gasteiger partial charge in [-0.1, -0.05) is 0 Å². The van der Waals surface area contributed by atoms with E-state index in [2.05, 4.69) is 15.3 Å². The van der Waals surface area contributed by atoms with Crippen molar-refractivity contribution in [3.05, 3.63) is 96.5 Å². The van der Waals surface area contributed by atoms with Gasteiger partial charge < -0.3 is 10.1 Å². The van der Waals surface area contributed by atoms with Crippen LogP contribution in [0.25, 0.3) is 0 Å². The van der Waals surface area contributed by atoms with Crippen LogP contribution in [0.3, 0.4) is 0 Å². The summed E-state index contributed by atoms with van der Waals surface area (Å²) in [5, 5.41) is 3.38. The van der Waals surface area contributed by atoms with Crippen molar-refractivity contribution in [2.45, 2.75) is 20.0 Å². The highest BCUT2D eigenvalue weighted by Crippen LogP contribution is 2.20. The normalized spacial score (nSPS) is 11.0. The van der Waals surface area contributed by atoms with Crippen LogP contribution in [0.2, 0.25) is 0 Å². The number of thiazole rings is 1. The minimum atomic E-state index is -1.62. The highest BCUT2D eigenvalue weighted by Gasteiger charge is 2.18. The molecule has 0 saturated heterocycles. The zero-order chi connectivity index (χ0) is 24.4. The van der Waals surface area contributed by atoms with E-state index in [0.29, 0.717) is 16.4 Å². The van der Waals surface area contributed by atoms with E-state index in [0.717, 1.165) is 26.1 Å². The average molecular weight is 489 g/mol.